The first-order valence-corrected chi connectivity index (χ1v) is 31.9. The van der Waals surface area contributed by atoms with Gasteiger partial charge in [-0.3, -0.25) is 19.6 Å². The van der Waals surface area contributed by atoms with Crippen LogP contribution in [-0.2, 0) is 0 Å². The fourth-order valence-electron chi connectivity index (χ4n) is 13.0. The van der Waals surface area contributed by atoms with Gasteiger partial charge in [-0.25, -0.2) is 19.9 Å². The summed E-state index contributed by atoms with van der Waals surface area (Å²) in [6.45, 7) is 8.90. The van der Waals surface area contributed by atoms with E-state index in [0.717, 1.165) is 169 Å². The fourth-order valence-corrected chi connectivity index (χ4v) is 13.0. The largest absolute Gasteiger partial charge is 0.291 e. The Morgan fingerprint density at radius 2 is 0.319 bits per heavy atom. The van der Waals surface area contributed by atoms with Gasteiger partial charge in [0.1, 0.15) is 0 Å². The van der Waals surface area contributed by atoms with Crippen molar-refractivity contribution in [1.82, 2.24) is 19.9 Å². The molecule has 0 amide bonds. The van der Waals surface area contributed by atoms with Gasteiger partial charge in [0.25, 0.3) is 0 Å². The molecule has 448 valence electrons. The SMILES string of the molecule is Cc1cc2c(cc1C)N(c1cc(-c3ccccc3)nc(-c3ccccc3)c1)C(=C1N(c3cc(-c4ccccc4)nc(-c4ccccc4)c3)c3cc(C)c(C)cc3N1c1cc(-c3ccccc3)nc(-c3ccccc3)c1)N2c1cc(-c2ccccc2)nc(-c2ccccc2)c1. The number of hydrogen-bond donors (Lipinski definition) is 0. The summed E-state index contributed by atoms with van der Waals surface area (Å²) in [5, 5.41) is 0. The van der Waals surface area contributed by atoms with E-state index < -0.39 is 0 Å². The Morgan fingerprint density at radius 3 is 0.457 bits per heavy atom. The maximum Gasteiger partial charge on any atom is 0.166 e. The smallest absolute Gasteiger partial charge is 0.166 e. The van der Waals surface area contributed by atoms with Crippen LogP contribution in [-0.4, -0.2) is 19.9 Å². The summed E-state index contributed by atoms with van der Waals surface area (Å²) in [5.41, 5.74) is 27.0. The molecule has 16 rings (SSSR count). The molecular weight excluding hydrogens is 1150 g/mol. The van der Waals surface area contributed by atoms with E-state index in [1.807, 2.05) is 0 Å². The van der Waals surface area contributed by atoms with Crippen LogP contribution in [0.15, 0.2) is 327 Å². The fraction of sp³-hybridized carbons (Fsp3) is 0.0465. The molecular formula is C86H64N8. The first kappa shape index (κ1) is 56.9. The summed E-state index contributed by atoms with van der Waals surface area (Å²) >= 11 is 0. The molecule has 2 aliphatic rings. The zero-order chi connectivity index (χ0) is 63.2. The molecule has 8 heteroatoms. The number of nitrogens with zero attached hydrogens (tertiary/aromatic N) is 8. The molecule has 0 N–H and O–H groups in total. The molecule has 10 aromatic carbocycles. The maximum atomic E-state index is 5.55. The lowest BCUT2D eigenvalue weighted by atomic mass is 10.0. The van der Waals surface area contributed by atoms with Crippen molar-refractivity contribution >= 4 is 45.5 Å². The average Bonchev–Trinajstić information content (AvgIpc) is 1.54. The van der Waals surface area contributed by atoms with Crippen LogP contribution >= 0.6 is 0 Å². The van der Waals surface area contributed by atoms with Crippen molar-refractivity contribution < 1.29 is 0 Å². The quantitative estimate of drug-likeness (QED) is 0.120. The number of anilines is 8. The van der Waals surface area contributed by atoms with Gasteiger partial charge < -0.3 is 0 Å². The van der Waals surface area contributed by atoms with Crippen molar-refractivity contribution in [3.63, 3.8) is 0 Å². The molecule has 14 aromatic rings. The summed E-state index contributed by atoms with van der Waals surface area (Å²) in [6.07, 6.45) is 0. The van der Waals surface area contributed by atoms with E-state index in [2.05, 4.69) is 363 Å². The zero-order valence-electron chi connectivity index (χ0n) is 52.6. The summed E-state index contributed by atoms with van der Waals surface area (Å²) in [5.74, 6) is 1.72. The van der Waals surface area contributed by atoms with Gasteiger partial charge in [-0.2, -0.15) is 0 Å². The van der Waals surface area contributed by atoms with E-state index in [-0.39, 0.29) is 0 Å². The van der Waals surface area contributed by atoms with Gasteiger partial charge in [0, 0.05) is 44.5 Å². The minimum Gasteiger partial charge on any atom is -0.291 e. The van der Waals surface area contributed by atoms with Crippen molar-refractivity contribution in [1.29, 1.82) is 0 Å². The Labute approximate surface area is 549 Å². The van der Waals surface area contributed by atoms with Gasteiger partial charge in [0.15, 0.2) is 11.6 Å². The van der Waals surface area contributed by atoms with Gasteiger partial charge in [0.05, 0.1) is 91.1 Å². The summed E-state index contributed by atoms with van der Waals surface area (Å²) in [7, 11) is 0. The van der Waals surface area contributed by atoms with Crippen LogP contribution in [0.25, 0.3) is 90.1 Å². The normalized spacial score (nSPS) is 12.6. The highest BCUT2D eigenvalue weighted by molar-refractivity contribution is 6.03. The Balaban J connectivity index is 1.11. The van der Waals surface area contributed by atoms with Crippen molar-refractivity contribution in [2.45, 2.75) is 27.7 Å². The number of fused-ring (bicyclic) bond motifs is 2. The number of rotatable bonds is 12. The second-order valence-corrected chi connectivity index (χ2v) is 24.2. The highest BCUT2D eigenvalue weighted by Crippen LogP contribution is 2.59. The number of pyridine rings is 4. The minimum atomic E-state index is 0.838. The standard InChI is InChI=1S/C86H64N8/c1-57-45-81-82(46-58(57)2)92(70-51-75(63-33-17-7-18-34-63)88-76(52-70)64-35-19-8-20-36-64)85(91(81)69-49-73(61-29-13-5-14-30-61)87-74(50-69)62-31-15-6-16-32-62)86-93(71-53-77(65-37-21-9-22-38-65)89-78(54-71)66-39-23-10-24-40-66)83-47-59(3)60(4)48-84(83)94(86)72-55-79(67-41-25-11-26-42-67)90-80(56-72)68-43-27-12-28-44-68/h5-56H,1-4H3. The Bertz CT molecular complexity index is 4280. The van der Waals surface area contributed by atoms with Crippen LogP contribution < -0.4 is 19.6 Å². The number of aromatic nitrogens is 4. The topological polar surface area (TPSA) is 64.5 Å². The molecule has 0 atom stereocenters. The third-order valence-corrected chi connectivity index (χ3v) is 18.0. The molecule has 94 heavy (non-hydrogen) atoms. The van der Waals surface area contributed by atoms with Crippen LogP contribution in [0.3, 0.4) is 0 Å². The predicted molar refractivity (Wildman–Crippen MR) is 388 cm³/mol. The van der Waals surface area contributed by atoms with Crippen molar-refractivity contribution in [3.8, 4) is 90.1 Å². The van der Waals surface area contributed by atoms with E-state index in [4.69, 9.17) is 19.9 Å². The summed E-state index contributed by atoms with van der Waals surface area (Å²) in [6, 6.07) is 112. The van der Waals surface area contributed by atoms with Crippen molar-refractivity contribution in [3.05, 3.63) is 349 Å². The second-order valence-electron chi connectivity index (χ2n) is 24.2. The van der Waals surface area contributed by atoms with Crippen LogP contribution in [0.4, 0.5) is 45.5 Å². The lowest BCUT2D eigenvalue weighted by Crippen LogP contribution is -2.33. The van der Waals surface area contributed by atoms with Crippen molar-refractivity contribution in [2.24, 2.45) is 0 Å². The molecule has 0 radical (unpaired) electrons. The molecule has 0 fully saturated rings. The summed E-state index contributed by atoms with van der Waals surface area (Å²) in [4.78, 5) is 32.2. The zero-order valence-corrected chi connectivity index (χ0v) is 52.6. The van der Waals surface area contributed by atoms with Crippen LogP contribution in [0, 0.1) is 27.7 Å². The number of hydrogen-bond acceptors (Lipinski definition) is 8. The van der Waals surface area contributed by atoms with E-state index in [0.29, 0.717) is 0 Å². The maximum absolute atomic E-state index is 5.55. The molecule has 0 bridgehead atoms. The second kappa shape index (κ2) is 24.2. The van der Waals surface area contributed by atoms with Gasteiger partial charge in [-0.1, -0.05) is 243 Å². The van der Waals surface area contributed by atoms with Gasteiger partial charge in [-0.05, 0) is 123 Å². The van der Waals surface area contributed by atoms with Crippen LogP contribution in [0.2, 0.25) is 0 Å². The van der Waals surface area contributed by atoms with Crippen LogP contribution in [0.5, 0.6) is 0 Å². The first-order chi connectivity index (χ1) is 46.2. The number of aryl methyl sites for hydroxylation is 4. The van der Waals surface area contributed by atoms with Gasteiger partial charge >= 0.3 is 0 Å². The molecule has 0 saturated heterocycles. The monoisotopic (exact) mass is 1210 g/mol. The molecule has 4 aromatic heterocycles. The van der Waals surface area contributed by atoms with E-state index in [1.54, 1.807) is 0 Å². The lowest BCUT2D eigenvalue weighted by Gasteiger charge is -2.35. The Morgan fingerprint density at radius 1 is 0.181 bits per heavy atom. The third kappa shape index (κ3) is 10.6. The number of benzene rings is 10. The average molecular weight is 1210 g/mol. The molecule has 0 unspecified atom stereocenters. The van der Waals surface area contributed by atoms with Crippen LogP contribution in [0.1, 0.15) is 22.3 Å². The summed E-state index contributed by atoms with van der Waals surface area (Å²) < 4.78 is 0. The molecule has 2 aliphatic heterocycles. The minimum absolute atomic E-state index is 0.838. The highest BCUT2D eigenvalue weighted by Gasteiger charge is 2.46. The van der Waals surface area contributed by atoms with Gasteiger partial charge in [-0.15, -0.1) is 0 Å². The molecule has 8 nitrogen and oxygen atoms in total. The molecule has 0 saturated carbocycles. The highest BCUT2D eigenvalue weighted by atomic mass is 15.5. The third-order valence-electron chi connectivity index (χ3n) is 18.0. The van der Waals surface area contributed by atoms with Gasteiger partial charge in [0.2, 0.25) is 0 Å². The molecule has 0 aliphatic carbocycles. The molecule has 0 spiro atoms. The first-order valence-electron chi connectivity index (χ1n) is 31.9. The Hall–Kier alpha value is -12.3. The van der Waals surface area contributed by atoms with E-state index in [9.17, 15) is 0 Å². The Kier molecular flexibility index (Phi) is 14.6. The lowest BCUT2D eigenvalue weighted by molar-refractivity contribution is 1.00. The predicted octanol–water partition coefficient (Wildman–Crippen LogP) is 22.2. The van der Waals surface area contributed by atoms with E-state index >= 15 is 0 Å². The van der Waals surface area contributed by atoms with E-state index in [1.165, 1.54) is 0 Å². The van der Waals surface area contributed by atoms with Crippen molar-refractivity contribution in [2.75, 3.05) is 19.6 Å². The molecule has 6 heterocycles.